The molecule has 0 aliphatic carbocycles. The lowest BCUT2D eigenvalue weighted by Gasteiger charge is -2.40. The van der Waals surface area contributed by atoms with Crippen molar-refractivity contribution >= 4 is 22.1 Å². The molecule has 0 bridgehead atoms. The minimum Gasteiger partial charge on any atom is -0.462 e. The number of hydrogen-bond acceptors (Lipinski definition) is 11. The fourth-order valence-electron chi connectivity index (χ4n) is 6.23. The summed E-state index contributed by atoms with van der Waals surface area (Å²) in [5.74, 6) is -2.03. The number of hydrogen-bond donors (Lipinski definition) is 4. The van der Waals surface area contributed by atoms with Crippen LogP contribution >= 0.6 is 0 Å². The summed E-state index contributed by atoms with van der Waals surface area (Å²) in [6.45, 7) is 3.59. The van der Waals surface area contributed by atoms with Crippen LogP contribution in [0, 0.1) is 0 Å². The highest BCUT2D eigenvalue weighted by Gasteiger charge is 2.46. The highest BCUT2D eigenvalue weighted by Crippen LogP contribution is 2.24. The molecular weight excluding hydrogens is 765 g/mol. The molecule has 6 atom stereocenters. The first-order valence-corrected chi connectivity index (χ1v) is 23.5. The fourth-order valence-corrected chi connectivity index (χ4v) is 6.92. The molecule has 0 aromatic rings. The van der Waals surface area contributed by atoms with Gasteiger partial charge in [-0.2, -0.15) is 8.42 Å². The van der Waals surface area contributed by atoms with Crippen LogP contribution in [0.3, 0.4) is 0 Å². The van der Waals surface area contributed by atoms with Gasteiger partial charge in [-0.15, -0.1) is 0 Å². The molecule has 1 fully saturated rings. The largest absolute Gasteiger partial charge is 0.462 e. The van der Waals surface area contributed by atoms with E-state index in [0.29, 0.717) is 12.8 Å². The Morgan fingerprint density at radius 2 is 1.09 bits per heavy atom. The van der Waals surface area contributed by atoms with Crippen molar-refractivity contribution in [2.75, 3.05) is 19.0 Å². The standard InChI is InChI=1S/C45H76O12S/c1-3-5-7-9-11-13-15-16-17-18-19-20-21-22-24-26-28-30-32-34-41(47)56-38(35-54-40(46)33-31-29-27-25-23-14-12-10-8-6-4-2)36-55-45-44(50)43(49)42(48)39(57-45)37-58(51,52)53/h5,7,11,13,16-17,19-20,22,24,38-39,42-45,48-50H,3-4,6,8-10,12,14-15,18,21,23,25-37H2,1-2H3,(H,51,52,53)/b7-5-,13-11-,17-16-,20-19-,24-22-. The molecule has 1 aliphatic heterocycles. The molecule has 1 rings (SSSR count). The molecular formula is C45H76O12S. The topological polar surface area (TPSA) is 186 Å². The normalized spacial score (nSPS) is 21.0. The second kappa shape index (κ2) is 35.1. The lowest BCUT2D eigenvalue weighted by Crippen LogP contribution is -2.60. The monoisotopic (exact) mass is 841 g/mol. The van der Waals surface area contributed by atoms with Gasteiger partial charge >= 0.3 is 11.9 Å². The van der Waals surface area contributed by atoms with E-state index in [9.17, 15) is 37.9 Å². The third-order valence-electron chi connectivity index (χ3n) is 9.61. The van der Waals surface area contributed by atoms with Crippen molar-refractivity contribution < 1.29 is 56.8 Å². The van der Waals surface area contributed by atoms with Gasteiger partial charge in [-0.3, -0.25) is 14.1 Å². The molecule has 0 saturated carbocycles. The van der Waals surface area contributed by atoms with Crippen LogP contribution < -0.4 is 0 Å². The van der Waals surface area contributed by atoms with Gasteiger partial charge < -0.3 is 34.3 Å². The number of ether oxygens (including phenoxy) is 4. The third-order valence-corrected chi connectivity index (χ3v) is 10.4. The number of carbonyl (C=O) groups is 2. The smallest absolute Gasteiger partial charge is 0.306 e. The molecule has 0 aromatic heterocycles. The molecule has 1 heterocycles. The molecule has 13 heteroatoms. The van der Waals surface area contributed by atoms with E-state index in [-0.39, 0.29) is 19.4 Å². The second-order valence-electron chi connectivity index (χ2n) is 15.0. The summed E-state index contributed by atoms with van der Waals surface area (Å²) in [5, 5.41) is 30.8. The van der Waals surface area contributed by atoms with E-state index in [4.69, 9.17) is 18.9 Å². The summed E-state index contributed by atoms with van der Waals surface area (Å²) in [6.07, 6.45) is 32.7. The number of aliphatic hydroxyl groups is 3. The Hall–Kier alpha value is -2.65. The summed E-state index contributed by atoms with van der Waals surface area (Å²) in [7, 11) is -4.61. The average molecular weight is 841 g/mol. The van der Waals surface area contributed by atoms with Gasteiger partial charge in [-0.05, 0) is 57.8 Å². The van der Waals surface area contributed by atoms with Crippen molar-refractivity contribution in [3.63, 3.8) is 0 Å². The number of aliphatic hydroxyl groups excluding tert-OH is 3. The molecule has 58 heavy (non-hydrogen) atoms. The molecule has 1 saturated heterocycles. The van der Waals surface area contributed by atoms with Crippen LogP contribution in [0.4, 0.5) is 0 Å². The van der Waals surface area contributed by atoms with Crippen molar-refractivity contribution in [3.8, 4) is 0 Å². The lowest BCUT2D eigenvalue weighted by molar-refractivity contribution is -0.297. The van der Waals surface area contributed by atoms with Gasteiger partial charge in [0.25, 0.3) is 10.1 Å². The number of unbranched alkanes of at least 4 members (excludes halogenated alkanes) is 13. The van der Waals surface area contributed by atoms with Crippen LogP contribution in [0.1, 0.15) is 155 Å². The predicted molar refractivity (Wildman–Crippen MR) is 229 cm³/mol. The van der Waals surface area contributed by atoms with Crippen LogP contribution in [-0.4, -0.2) is 96.0 Å². The maximum Gasteiger partial charge on any atom is 0.306 e. The number of rotatable bonds is 35. The second-order valence-corrected chi connectivity index (χ2v) is 16.5. The van der Waals surface area contributed by atoms with Crippen molar-refractivity contribution in [2.45, 2.75) is 192 Å². The Labute approximate surface area is 349 Å². The van der Waals surface area contributed by atoms with Gasteiger partial charge in [0.05, 0.1) is 6.61 Å². The maximum absolute atomic E-state index is 12.8. The SMILES string of the molecule is CC/C=C\C/C=C\C/C=C\C/C=C\C/C=C\CCCCCC(=O)OC(COC(=O)CCCCCCCCCCCCC)COC1OC(CS(=O)(=O)O)C(O)C(O)C1O. The van der Waals surface area contributed by atoms with E-state index >= 15 is 0 Å². The molecule has 12 nitrogen and oxygen atoms in total. The van der Waals surface area contributed by atoms with E-state index in [0.717, 1.165) is 70.6 Å². The van der Waals surface area contributed by atoms with Gasteiger partial charge in [0.2, 0.25) is 0 Å². The van der Waals surface area contributed by atoms with Crippen LogP contribution in [-0.2, 0) is 38.7 Å². The average Bonchev–Trinajstić information content (AvgIpc) is 3.18. The zero-order valence-electron chi connectivity index (χ0n) is 35.4. The van der Waals surface area contributed by atoms with Gasteiger partial charge in [-0.1, -0.05) is 145 Å². The van der Waals surface area contributed by atoms with E-state index in [1.54, 1.807) is 0 Å². The van der Waals surface area contributed by atoms with Crippen molar-refractivity contribution in [2.24, 2.45) is 0 Å². The van der Waals surface area contributed by atoms with Crippen LogP contribution in [0.2, 0.25) is 0 Å². The first-order valence-electron chi connectivity index (χ1n) is 21.8. The van der Waals surface area contributed by atoms with E-state index in [2.05, 4.69) is 74.6 Å². The maximum atomic E-state index is 12.8. The van der Waals surface area contributed by atoms with Gasteiger partial charge in [0.1, 0.15) is 36.8 Å². The minimum absolute atomic E-state index is 0.124. The molecule has 0 radical (unpaired) electrons. The van der Waals surface area contributed by atoms with Gasteiger partial charge in [0, 0.05) is 12.8 Å². The zero-order chi connectivity index (χ0) is 42.7. The predicted octanol–water partition coefficient (Wildman–Crippen LogP) is 8.56. The molecule has 6 unspecified atom stereocenters. The van der Waals surface area contributed by atoms with Crippen molar-refractivity contribution in [3.05, 3.63) is 60.8 Å². The van der Waals surface area contributed by atoms with E-state index < -0.39 is 71.2 Å². The van der Waals surface area contributed by atoms with Crippen molar-refractivity contribution in [1.82, 2.24) is 0 Å². The zero-order valence-corrected chi connectivity index (χ0v) is 36.2. The Bertz CT molecular complexity index is 1310. The molecule has 334 valence electrons. The fraction of sp³-hybridized carbons (Fsp3) is 0.733. The third kappa shape index (κ3) is 29.5. The molecule has 0 aromatic carbocycles. The minimum atomic E-state index is -4.61. The molecule has 0 amide bonds. The summed E-state index contributed by atoms with van der Waals surface area (Å²) in [6, 6.07) is 0. The summed E-state index contributed by atoms with van der Waals surface area (Å²) in [5.41, 5.74) is 0. The molecule has 0 spiro atoms. The first kappa shape index (κ1) is 53.4. The number of esters is 2. The molecule has 1 aliphatic rings. The highest BCUT2D eigenvalue weighted by atomic mass is 32.2. The number of carbonyl (C=O) groups excluding carboxylic acids is 2. The Kier molecular flexibility index (Phi) is 32.3. The van der Waals surface area contributed by atoms with Crippen molar-refractivity contribution in [1.29, 1.82) is 0 Å². The van der Waals surface area contributed by atoms with Gasteiger partial charge in [0.15, 0.2) is 12.4 Å². The highest BCUT2D eigenvalue weighted by molar-refractivity contribution is 7.85. The van der Waals surface area contributed by atoms with E-state index in [1.807, 2.05) is 0 Å². The summed E-state index contributed by atoms with van der Waals surface area (Å²) < 4.78 is 53.9. The lowest BCUT2D eigenvalue weighted by atomic mass is 10.00. The van der Waals surface area contributed by atoms with E-state index in [1.165, 1.54) is 44.9 Å². The van der Waals surface area contributed by atoms with Gasteiger partial charge in [-0.25, -0.2) is 0 Å². The Balaban J connectivity index is 2.49. The Morgan fingerprint density at radius 3 is 1.62 bits per heavy atom. The van der Waals surface area contributed by atoms with Crippen LogP contribution in [0.15, 0.2) is 60.8 Å². The van der Waals surface area contributed by atoms with Crippen LogP contribution in [0.5, 0.6) is 0 Å². The van der Waals surface area contributed by atoms with Crippen LogP contribution in [0.25, 0.3) is 0 Å². The summed E-state index contributed by atoms with van der Waals surface area (Å²) >= 11 is 0. The first-order chi connectivity index (χ1) is 28.0. The summed E-state index contributed by atoms with van der Waals surface area (Å²) in [4.78, 5) is 25.3. The Morgan fingerprint density at radius 1 is 0.603 bits per heavy atom. The number of allylic oxidation sites excluding steroid dienone is 10. The quantitative estimate of drug-likeness (QED) is 0.0207. The molecule has 4 N–H and O–H groups in total.